The third-order valence-electron chi connectivity index (χ3n) is 5.90. The van der Waals surface area contributed by atoms with Crippen molar-refractivity contribution in [2.45, 2.75) is 26.7 Å². The molecule has 0 aromatic heterocycles. The number of carbonyl (C=O) groups excluding carboxylic acids is 1. The molecule has 0 saturated heterocycles. The lowest BCUT2D eigenvalue weighted by Gasteiger charge is -2.41. The average Bonchev–Trinajstić information content (AvgIpc) is 2.74. The van der Waals surface area contributed by atoms with Crippen LogP contribution in [0.15, 0.2) is 41.4 Å². The molecule has 0 saturated carbocycles. The van der Waals surface area contributed by atoms with Gasteiger partial charge in [0.05, 0.1) is 25.6 Å². The van der Waals surface area contributed by atoms with E-state index in [-0.39, 0.29) is 11.9 Å². The number of likely N-dealkylation sites (N-methyl/N-ethyl adjacent to an activating group) is 1. The van der Waals surface area contributed by atoms with Crippen LogP contribution in [0.2, 0.25) is 0 Å². The van der Waals surface area contributed by atoms with E-state index in [1.807, 2.05) is 44.2 Å². The Morgan fingerprint density at radius 2 is 1.70 bits per heavy atom. The van der Waals surface area contributed by atoms with Gasteiger partial charge < -0.3 is 14.4 Å². The first-order chi connectivity index (χ1) is 14.4. The minimum atomic E-state index is -0.105. The molecule has 2 amide bonds. The third-order valence-corrected chi connectivity index (χ3v) is 5.90. The number of nitrogens with zero attached hydrogens (tertiary/aromatic N) is 3. The Morgan fingerprint density at radius 1 is 1.07 bits per heavy atom. The summed E-state index contributed by atoms with van der Waals surface area (Å²) in [7, 11) is 5.06. The molecule has 0 fully saturated rings. The summed E-state index contributed by atoms with van der Waals surface area (Å²) in [4.78, 5) is 21.7. The van der Waals surface area contributed by atoms with Crippen molar-refractivity contribution >= 4 is 23.3 Å². The molecule has 30 heavy (non-hydrogen) atoms. The van der Waals surface area contributed by atoms with Gasteiger partial charge in [-0.2, -0.15) is 0 Å². The van der Waals surface area contributed by atoms with Crippen LogP contribution in [-0.2, 0) is 0 Å². The van der Waals surface area contributed by atoms with E-state index in [4.69, 9.17) is 14.5 Å². The van der Waals surface area contributed by atoms with Crippen LogP contribution in [0.5, 0.6) is 11.5 Å². The summed E-state index contributed by atoms with van der Waals surface area (Å²) in [5, 5.41) is 0. The molecule has 1 unspecified atom stereocenters. The first-order valence-corrected chi connectivity index (χ1v) is 10.0. The molecular formula is C24H27N3O3. The van der Waals surface area contributed by atoms with E-state index < -0.39 is 0 Å². The second-order valence-electron chi connectivity index (χ2n) is 7.81. The molecule has 2 aromatic carbocycles. The second kappa shape index (κ2) is 7.52. The Balaban J connectivity index is 1.99. The predicted octanol–water partition coefficient (Wildman–Crippen LogP) is 4.88. The number of hydrogen-bond acceptors (Lipinski definition) is 4. The van der Waals surface area contributed by atoms with Gasteiger partial charge in [-0.3, -0.25) is 0 Å². The standard InChI is InChI=1S/C24H27N3O3/c1-14-8-7-9-15(2)22(14)25-23-16(3)17-12-20(29-5)21(30-6)13-18(17)19-10-11-26(4)24(28)27(19)23/h7-10,12-13,16H,11H2,1-6H3. The minimum absolute atomic E-state index is 0.0789. The fourth-order valence-corrected chi connectivity index (χ4v) is 4.17. The smallest absolute Gasteiger partial charge is 0.330 e. The number of aliphatic imine (C=N–C) groups is 1. The lowest BCUT2D eigenvalue weighted by Crippen LogP contribution is -2.50. The van der Waals surface area contributed by atoms with Crippen molar-refractivity contribution < 1.29 is 14.3 Å². The van der Waals surface area contributed by atoms with E-state index in [2.05, 4.69) is 13.0 Å². The number of amidine groups is 1. The van der Waals surface area contributed by atoms with Crippen LogP contribution in [0.25, 0.3) is 5.70 Å². The number of ether oxygens (including phenoxy) is 2. The highest BCUT2D eigenvalue weighted by atomic mass is 16.5. The lowest BCUT2D eigenvalue weighted by molar-refractivity contribution is 0.197. The van der Waals surface area contributed by atoms with Gasteiger partial charge in [-0.1, -0.05) is 25.1 Å². The number of fused-ring (bicyclic) bond motifs is 3. The predicted molar refractivity (Wildman–Crippen MR) is 119 cm³/mol. The highest BCUT2D eigenvalue weighted by molar-refractivity contribution is 6.13. The number of benzene rings is 2. The molecule has 4 rings (SSSR count). The van der Waals surface area contributed by atoms with E-state index in [1.165, 1.54) is 0 Å². The molecule has 2 aliphatic heterocycles. The number of hydrogen-bond donors (Lipinski definition) is 0. The Morgan fingerprint density at radius 3 is 2.33 bits per heavy atom. The summed E-state index contributed by atoms with van der Waals surface area (Å²) in [6, 6.07) is 9.99. The number of carbonyl (C=O) groups is 1. The first kappa shape index (κ1) is 20.0. The highest BCUT2D eigenvalue weighted by Gasteiger charge is 2.40. The molecule has 2 heterocycles. The molecule has 2 aliphatic rings. The molecule has 0 N–H and O–H groups in total. The van der Waals surface area contributed by atoms with Crippen molar-refractivity contribution in [2.24, 2.45) is 4.99 Å². The number of rotatable bonds is 3. The zero-order valence-electron chi connectivity index (χ0n) is 18.3. The minimum Gasteiger partial charge on any atom is -0.493 e. The van der Waals surface area contributed by atoms with E-state index in [9.17, 15) is 4.79 Å². The van der Waals surface area contributed by atoms with Gasteiger partial charge in [0.25, 0.3) is 0 Å². The fraction of sp³-hybridized carbons (Fsp3) is 0.333. The molecule has 0 spiro atoms. The Bertz CT molecular complexity index is 1070. The summed E-state index contributed by atoms with van der Waals surface area (Å²) in [6.07, 6.45) is 2.07. The first-order valence-electron chi connectivity index (χ1n) is 10.0. The highest BCUT2D eigenvalue weighted by Crippen LogP contribution is 2.44. The van der Waals surface area contributed by atoms with Gasteiger partial charge in [-0.15, -0.1) is 0 Å². The maximum atomic E-state index is 13.2. The molecule has 0 bridgehead atoms. The van der Waals surface area contributed by atoms with Crippen LogP contribution < -0.4 is 9.47 Å². The van der Waals surface area contributed by atoms with Crippen LogP contribution in [0.3, 0.4) is 0 Å². The number of methoxy groups -OCH3 is 2. The van der Waals surface area contributed by atoms with Gasteiger partial charge in [-0.25, -0.2) is 14.7 Å². The van der Waals surface area contributed by atoms with Gasteiger partial charge in [-0.05, 0) is 48.7 Å². The van der Waals surface area contributed by atoms with E-state index in [0.29, 0.717) is 18.0 Å². The number of amides is 2. The zero-order chi connectivity index (χ0) is 21.6. The molecule has 156 valence electrons. The third kappa shape index (κ3) is 3.03. The Hall–Kier alpha value is -3.28. The van der Waals surface area contributed by atoms with Crippen molar-refractivity contribution in [3.63, 3.8) is 0 Å². The summed E-state index contributed by atoms with van der Waals surface area (Å²) >= 11 is 0. The van der Waals surface area contributed by atoms with Crippen LogP contribution in [0.1, 0.15) is 35.1 Å². The molecule has 2 aromatic rings. The summed E-state index contributed by atoms with van der Waals surface area (Å²) in [5.41, 5.74) is 5.95. The maximum absolute atomic E-state index is 13.2. The summed E-state index contributed by atoms with van der Waals surface area (Å²) in [6.45, 7) is 6.71. The van der Waals surface area contributed by atoms with Crippen LogP contribution >= 0.6 is 0 Å². The number of aryl methyl sites for hydroxylation is 2. The van der Waals surface area contributed by atoms with Crippen LogP contribution in [-0.4, -0.2) is 49.5 Å². The van der Waals surface area contributed by atoms with Crippen molar-refractivity contribution in [1.29, 1.82) is 0 Å². The van der Waals surface area contributed by atoms with Gasteiger partial charge in [0, 0.05) is 25.1 Å². The normalized spacial score (nSPS) is 19.4. The number of urea groups is 1. The quantitative estimate of drug-likeness (QED) is 0.732. The Labute approximate surface area is 177 Å². The van der Waals surface area contributed by atoms with Gasteiger partial charge >= 0.3 is 6.03 Å². The van der Waals surface area contributed by atoms with E-state index in [1.54, 1.807) is 31.1 Å². The van der Waals surface area contributed by atoms with E-state index in [0.717, 1.165) is 39.5 Å². The molecule has 0 aliphatic carbocycles. The molecular weight excluding hydrogens is 378 g/mol. The van der Waals surface area contributed by atoms with E-state index >= 15 is 0 Å². The zero-order valence-corrected chi connectivity index (χ0v) is 18.3. The molecule has 1 atom stereocenters. The van der Waals surface area contributed by atoms with Gasteiger partial charge in [0.15, 0.2) is 11.5 Å². The average molecular weight is 405 g/mol. The summed E-state index contributed by atoms with van der Waals surface area (Å²) in [5.74, 6) is 1.93. The largest absolute Gasteiger partial charge is 0.493 e. The summed E-state index contributed by atoms with van der Waals surface area (Å²) < 4.78 is 11.1. The van der Waals surface area contributed by atoms with Crippen molar-refractivity contribution in [3.8, 4) is 11.5 Å². The van der Waals surface area contributed by atoms with Crippen LogP contribution in [0, 0.1) is 13.8 Å². The monoisotopic (exact) mass is 405 g/mol. The molecule has 6 heteroatoms. The van der Waals surface area contributed by atoms with Crippen molar-refractivity contribution in [1.82, 2.24) is 9.80 Å². The number of para-hydroxylation sites is 1. The van der Waals surface area contributed by atoms with Crippen molar-refractivity contribution in [2.75, 3.05) is 27.8 Å². The SMILES string of the molecule is COc1cc2c(cc1OC)C(C)C(=Nc1c(C)cccc1C)N1C(=O)N(C)CC=C21. The van der Waals surface area contributed by atoms with Crippen molar-refractivity contribution in [3.05, 3.63) is 58.7 Å². The van der Waals surface area contributed by atoms with Gasteiger partial charge in [0.1, 0.15) is 5.84 Å². The Kier molecular flexibility index (Phi) is 5.02. The lowest BCUT2D eigenvalue weighted by atomic mass is 9.86. The van der Waals surface area contributed by atoms with Gasteiger partial charge in [0.2, 0.25) is 0 Å². The maximum Gasteiger partial charge on any atom is 0.330 e. The fourth-order valence-electron chi connectivity index (χ4n) is 4.17. The van der Waals surface area contributed by atoms with Crippen LogP contribution in [0.4, 0.5) is 10.5 Å². The topological polar surface area (TPSA) is 54.4 Å². The molecule has 0 radical (unpaired) electrons. The molecule has 6 nitrogen and oxygen atoms in total. The second-order valence-corrected chi connectivity index (χ2v) is 7.81.